The lowest BCUT2D eigenvalue weighted by molar-refractivity contribution is 0.0645. The average molecular weight is 269 g/mol. The molecule has 2 aromatic carbocycles. The van der Waals surface area contributed by atoms with E-state index in [-0.39, 0.29) is 18.0 Å². The molecule has 2 nitrogen and oxygen atoms in total. The van der Waals surface area contributed by atoms with E-state index in [1.165, 1.54) is 0 Å². The van der Waals surface area contributed by atoms with Gasteiger partial charge in [-0.25, -0.2) is 0 Å². The fourth-order valence-electron chi connectivity index (χ4n) is 2.86. The highest BCUT2D eigenvalue weighted by atomic mass is 16.2. The van der Waals surface area contributed by atoms with Crippen molar-refractivity contribution in [3.05, 3.63) is 47.5 Å². The number of carbonyl (C=O) groups excluding carboxylic acids is 1. The largest absolute Gasteiger partial charge is 0.334 e. The average Bonchev–Trinajstić information content (AvgIpc) is 2.37. The Hall–Kier alpha value is -1.83. The third-order valence-corrected chi connectivity index (χ3v) is 3.70. The van der Waals surface area contributed by atoms with Crippen molar-refractivity contribution in [2.75, 3.05) is 0 Å². The lowest BCUT2D eigenvalue weighted by Crippen LogP contribution is -2.42. The van der Waals surface area contributed by atoms with Gasteiger partial charge < -0.3 is 4.90 Å². The highest BCUT2D eigenvalue weighted by Crippen LogP contribution is 2.25. The minimum absolute atomic E-state index is 0.129. The lowest BCUT2D eigenvalue weighted by atomic mass is 9.98. The minimum atomic E-state index is 0.129. The zero-order valence-corrected chi connectivity index (χ0v) is 13.0. The molecular weight excluding hydrogens is 246 g/mol. The predicted octanol–water partition coefficient (Wildman–Crippen LogP) is 4.41. The molecule has 0 saturated heterocycles. The molecule has 0 atom stereocenters. The zero-order chi connectivity index (χ0) is 14.9. The van der Waals surface area contributed by atoms with Crippen molar-refractivity contribution in [2.45, 2.75) is 46.7 Å². The molecule has 0 aromatic heterocycles. The number of fused-ring (bicyclic) bond motifs is 1. The Kier molecular flexibility index (Phi) is 4.12. The Balaban J connectivity index is 2.62. The summed E-state index contributed by atoms with van der Waals surface area (Å²) in [6.07, 6.45) is 0. The quantitative estimate of drug-likeness (QED) is 0.808. The molecule has 0 bridgehead atoms. The Morgan fingerprint density at radius 2 is 1.55 bits per heavy atom. The maximum absolute atomic E-state index is 13.0. The molecule has 0 aliphatic heterocycles. The van der Waals surface area contributed by atoms with E-state index in [9.17, 15) is 4.79 Å². The van der Waals surface area contributed by atoms with Crippen LogP contribution in [0.4, 0.5) is 0 Å². The predicted molar refractivity (Wildman–Crippen MR) is 85.1 cm³/mol. The molecule has 20 heavy (non-hydrogen) atoms. The van der Waals surface area contributed by atoms with Crippen LogP contribution < -0.4 is 0 Å². The minimum Gasteiger partial charge on any atom is -0.334 e. The summed E-state index contributed by atoms with van der Waals surface area (Å²) in [7, 11) is 0. The van der Waals surface area contributed by atoms with E-state index in [1.807, 2.05) is 36.1 Å². The van der Waals surface area contributed by atoms with Gasteiger partial charge in [0, 0.05) is 12.1 Å². The summed E-state index contributed by atoms with van der Waals surface area (Å²) in [6, 6.07) is 12.6. The molecule has 1 amide bonds. The van der Waals surface area contributed by atoms with Crippen LogP contribution in [0.25, 0.3) is 10.8 Å². The highest BCUT2D eigenvalue weighted by molar-refractivity contribution is 6.08. The Labute approximate surface area is 121 Å². The van der Waals surface area contributed by atoms with Crippen molar-refractivity contribution in [1.82, 2.24) is 4.90 Å². The van der Waals surface area contributed by atoms with E-state index in [0.717, 1.165) is 21.9 Å². The molecule has 2 heteroatoms. The highest BCUT2D eigenvalue weighted by Gasteiger charge is 2.24. The van der Waals surface area contributed by atoms with E-state index in [1.54, 1.807) is 0 Å². The Morgan fingerprint density at radius 3 is 2.15 bits per heavy atom. The van der Waals surface area contributed by atoms with Gasteiger partial charge >= 0.3 is 0 Å². The van der Waals surface area contributed by atoms with Gasteiger partial charge in [0.05, 0.1) is 5.56 Å². The van der Waals surface area contributed by atoms with Gasteiger partial charge in [0.2, 0.25) is 0 Å². The van der Waals surface area contributed by atoms with Gasteiger partial charge in [-0.1, -0.05) is 36.4 Å². The van der Waals surface area contributed by atoms with Crippen LogP contribution in [0.3, 0.4) is 0 Å². The smallest absolute Gasteiger partial charge is 0.255 e. The topological polar surface area (TPSA) is 20.3 Å². The van der Waals surface area contributed by atoms with E-state index in [4.69, 9.17) is 0 Å². The fourth-order valence-corrected chi connectivity index (χ4v) is 2.86. The number of hydrogen-bond acceptors (Lipinski definition) is 1. The van der Waals surface area contributed by atoms with E-state index >= 15 is 0 Å². The number of rotatable bonds is 3. The van der Waals surface area contributed by atoms with Crippen LogP contribution in [0, 0.1) is 6.92 Å². The van der Waals surface area contributed by atoms with Gasteiger partial charge in [-0.15, -0.1) is 0 Å². The maximum Gasteiger partial charge on any atom is 0.255 e. The molecule has 0 heterocycles. The maximum atomic E-state index is 13.0. The molecule has 0 fully saturated rings. The fraction of sp³-hybridized carbons (Fsp3) is 0.389. The molecule has 0 unspecified atom stereocenters. The van der Waals surface area contributed by atoms with Gasteiger partial charge in [-0.05, 0) is 51.0 Å². The molecule has 106 valence electrons. The van der Waals surface area contributed by atoms with Crippen molar-refractivity contribution in [3.8, 4) is 0 Å². The van der Waals surface area contributed by atoms with Gasteiger partial charge in [0.15, 0.2) is 0 Å². The van der Waals surface area contributed by atoms with Crippen molar-refractivity contribution in [2.24, 2.45) is 0 Å². The van der Waals surface area contributed by atoms with Crippen molar-refractivity contribution in [1.29, 1.82) is 0 Å². The van der Waals surface area contributed by atoms with Crippen LogP contribution in [0.5, 0.6) is 0 Å². The summed E-state index contributed by atoms with van der Waals surface area (Å²) < 4.78 is 0. The summed E-state index contributed by atoms with van der Waals surface area (Å²) in [5.41, 5.74) is 1.88. The van der Waals surface area contributed by atoms with Crippen LogP contribution >= 0.6 is 0 Å². The molecular formula is C18H23NO. The summed E-state index contributed by atoms with van der Waals surface area (Å²) in [4.78, 5) is 14.9. The van der Waals surface area contributed by atoms with E-state index in [2.05, 4.69) is 39.8 Å². The number of amides is 1. The molecule has 2 aromatic rings. The first kappa shape index (κ1) is 14.6. The standard InChI is InChI=1S/C18H23NO/c1-12(2)19(13(3)4)18(20)17-14(5)10-11-15-8-6-7-9-16(15)17/h6-13H,1-5H3. The third kappa shape index (κ3) is 2.55. The van der Waals surface area contributed by atoms with Crippen LogP contribution in [-0.2, 0) is 0 Å². The van der Waals surface area contributed by atoms with Crippen molar-refractivity contribution >= 4 is 16.7 Å². The molecule has 2 rings (SSSR count). The number of carbonyl (C=O) groups is 1. The van der Waals surface area contributed by atoms with Gasteiger partial charge in [0.25, 0.3) is 5.91 Å². The molecule has 0 radical (unpaired) electrons. The second kappa shape index (κ2) is 5.66. The van der Waals surface area contributed by atoms with Crippen LogP contribution in [0.15, 0.2) is 36.4 Å². The van der Waals surface area contributed by atoms with Crippen LogP contribution in [0.1, 0.15) is 43.6 Å². The number of aryl methyl sites for hydroxylation is 1. The third-order valence-electron chi connectivity index (χ3n) is 3.70. The van der Waals surface area contributed by atoms with E-state index < -0.39 is 0 Å². The SMILES string of the molecule is Cc1ccc2ccccc2c1C(=O)N(C(C)C)C(C)C. The first-order chi connectivity index (χ1) is 9.43. The van der Waals surface area contributed by atoms with Crippen molar-refractivity contribution < 1.29 is 4.79 Å². The van der Waals surface area contributed by atoms with E-state index in [0.29, 0.717) is 0 Å². The molecule has 0 N–H and O–H groups in total. The summed E-state index contributed by atoms with van der Waals surface area (Å²) in [5.74, 6) is 0.129. The molecule has 0 spiro atoms. The van der Waals surface area contributed by atoms with Gasteiger partial charge in [-0.3, -0.25) is 4.79 Å². The Bertz CT molecular complexity index is 620. The molecule has 0 saturated carbocycles. The first-order valence-electron chi connectivity index (χ1n) is 7.24. The van der Waals surface area contributed by atoms with Crippen LogP contribution in [0.2, 0.25) is 0 Å². The van der Waals surface area contributed by atoms with Crippen LogP contribution in [-0.4, -0.2) is 22.9 Å². The molecule has 0 aliphatic carbocycles. The second-order valence-corrected chi connectivity index (χ2v) is 5.88. The second-order valence-electron chi connectivity index (χ2n) is 5.88. The number of benzene rings is 2. The van der Waals surface area contributed by atoms with Gasteiger partial charge in [-0.2, -0.15) is 0 Å². The summed E-state index contributed by atoms with van der Waals surface area (Å²) in [6.45, 7) is 10.3. The van der Waals surface area contributed by atoms with Crippen molar-refractivity contribution in [3.63, 3.8) is 0 Å². The lowest BCUT2D eigenvalue weighted by Gasteiger charge is -2.31. The Morgan fingerprint density at radius 1 is 0.950 bits per heavy atom. The number of hydrogen-bond donors (Lipinski definition) is 0. The van der Waals surface area contributed by atoms with Gasteiger partial charge in [0.1, 0.15) is 0 Å². The normalized spacial score (nSPS) is 11.3. The number of nitrogens with zero attached hydrogens (tertiary/aromatic N) is 1. The monoisotopic (exact) mass is 269 g/mol. The molecule has 0 aliphatic rings. The zero-order valence-electron chi connectivity index (χ0n) is 13.0. The first-order valence-corrected chi connectivity index (χ1v) is 7.24. The summed E-state index contributed by atoms with van der Waals surface area (Å²) >= 11 is 0. The summed E-state index contributed by atoms with van der Waals surface area (Å²) in [5, 5.41) is 2.16.